The Balaban J connectivity index is 1.59. The summed E-state index contributed by atoms with van der Waals surface area (Å²) < 4.78 is 10.6. The largest absolute Gasteiger partial charge is 0.497 e. The Morgan fingerprint density at radius 2 is 1.52 bits per heavy atom. The molecule has 25 heavy (non-hydrogen) atoms. The summed E-state index contributed by atoms with van der Waals surface area (Å²) in [5, 5.41) is 4.06. The minimum absolute atomic E-state index is 0.489. The first-order valence-corrected chi connectivity index (χ1v) is 7.82. The van der Waals surface area contributed by atoms with Gasteiger partial charge < -0.3 is 9.26 Å². The Kier molecular flexibility index (Phi) is 3.96. The molecule has 5 heteroatoms. The molecule has 0 fully saturated rings. The Morgan fingerprint density at radius 1 is 0.800 bits per heavy atom. The van der Waals surface area contributed by atoms with Gasteiger partial charge in [0.1, 0.15) is 5.75 Å². The zero-order chi connectivity index (χ0) is 17.1. The van der Waals surface area contributed by atoms with Crippen LogP contribution in [0.25, 0.3) is 34.0 Å². The van der Waals surface area contributed by atoms with E-state index in [4.69, 9.17) is 9.26 Å². The minimum atomic E-state index is 0.489. The highest BCUT2D eigenvalue weighted by atomic mass is 16.5. The Morgan fingerprint density at radius 3 is 2.20 bits per heavy atom. The molecule has 0 aliphatic heterocycles. The van der Waals surface area contributed by atoms with Crippen LogP contribution in [0.15, 0.2) is 77.6 Å². The number of pyridine rings is 1. The maximum absolute atomic E-state index is 5.40. The van der Waals surface area contributed by atoms with Crippen LogP contribution in [-0.4, -0.2) is 22.2 Å². The Hall–Kier alpha value is -3.47. The number of benzene rings is 2. The summed E-state index contributed by atoms with van der Waals surface area (Å²) in [4.78, 5) is 8.62. The number of hydrogen-bond acceptors (Lipinski definition) is 5. The smallest absolute Gasteiger partial charge is 0.258 e. The van der Waals surface area contributed by atoms with Gasteiger partial charge in [0.15, 0.2) is 0 Å². The van der Waals surface area contributed by atoms with Crippen LogP contribution in [0.4, 0.5) is 0 Å². The number of ether oxygens (including phenoxy) is 1. The van der Waals surface area contributed by atoms with Gasteiger partial charge in [-0.1, -0.05) is 23.4 Å². The molecule has 4 aromatic rings. The number of methoxy groups -OCH3 is 1. The molecule has 0 bridgehead atoms. The highest BCUT2D eigenvalue weighted by molar-refractivity contribution is 5.67. The van der Waals surface area contributed by atoms with Gasteiger partial charge >= 0.3 is 0 Å². The van der Waals surface area contributed by atoms with Crippen molar-refractivity contribution in [2.45, 2.75) is 0 Å². The second-order valence-electron chi connectivity index (χ2n) is 5.47. The van der Waals surface area contributed by atoms with E-state index in [1.807, 2.05) is 66.9 Å². The fourth-order valence-corrected chi connectivity index (χ4v) is 2.54. The third kappa shape index (κ3) is 3.12. The van der Waals surface area contributed by atoms with Gasteiger partial charge in [-0.3, -0.25) is 4.98 Å². The van der Waals surface area contributed by atoms with Crippen LogP contribution in [0.3, 0.4) is 0 Å². The average molecular weight is 329 g/mol. The number of nitrogens with zero attached hydrogens (tertiary/aromatic N) is 3. The van der Waals surface area contributed by atoms with Gasteiger partial charge in [-0.15, -0.1) is 0 Å². The van der Waals surface area contributed by atoms with Crippen LogP contribution >= 0.6 is 0 Å². The predicted molar refractivity (Wildman–Crippen MR) is 95.0 cm³/mol. The number of aromatic nitrogens is 3. The average Bonchev–Trinajstić information content (AvgIpc) is 3.19. The van der Waals surface area contributed by atoms with E-state index >= 15 is 0 Å². The lowest BCUT2D eigenvalue weighted by Gasteiger charge is -2.01. The third-order valence-electron chi connectivity index (χ3n) is 3.90. The maximum atomic E-state index is 5.40. The fourth-order valence-electron chi connectivity index (χ4n) is 2.54. The second-order valence-corrected chi connectivity index (χ2v) is 5.47. The molecule has 2 aromatic heterocycles. The van der Waals surface area contributed by atoms with Crippen LogP contribution in [-0.2, 0) is 0 Å². The molecular formula is C20H15N3O2. The number of rotatable bonds is 4. The van der Waals surface area contributed by atoms with Crippen molar-refractivity contribution in [1.29, 1.82) is 0 Å². The molecule has 2 aromatic carbocycles. The molecule has 0 N–H and O–H groups in total. The highest BCUT2D eigenvalue weighted by Crippen LogP contribution is 2.26. The van der Waals surface area contributed by atoms with Gasteiger partial charge in [0.05, 0.1) is 7.11 Å². The van der Waals surface area contributed by atoms with Crippen LogP contribution < -0.4 is 4.74 Å². The first-order valence-electron chi connectivity index (χ1n) is 7.82. The van der Waals surface area contributed by atoms with E-state index in [9.17, 15) is 0 Å². The van der Waals surface area contributed by atoms with Gasteiger partial charge in [0.25, 0.3) is 5.89 Å². The molecule has 0 amide bonds. The van der Waals surface area contributed by atoms with Crippen molar-refractivity contribution < 1.29 is 9.26 Å². The van der Waals surface area contributed by atoms with Gasteiger partial charge in [-0.2, -0.15) is 4.98 Å². The van der Waals surface area contributed by atoms with Crippen molar-refractivity contribution >= 4 is 0 Å². The molecule has 2 heterocycles. The van der Waals surface area contributed by atoms with E-state index in [-0.39, 0.29) is 0 Å². The lowest BCUT2D eigenvalue weighted by atomic mass is 10.1. The topological polar surface area (TPSA) is 61.0 Å². The molecule has 0 saturated heterocycles. The molecule has 122 valence electrons. The van der Waals surface area contributed by atoms with E-state index in [0.29, 0.717) is 11.7 Å². The first kappa shape index (κ1) is 15.1. The summed E-state index contributed by atoms with van der Waals surface area (Å²) in [6.45, 7) is 0. The quantitative estimate of drug-likeness (QED) is 0.552. The SMILES string of the molecule is COc1ccc(-c2noc(-c3ccc(-c4cccnc4)cc3)n2)cc1. The van der Waals surface area contributed by atoms with Crippen molar-refractivity contribution in [1.82, 2.24) is 15.1 Å². The van der Waals surface area contributed by atoms with Gasteiger partial charge in [0.2, 0.25) is 5.82 Å². The number of hydrogen-bond donors (Lipinski definition) is 0. The molecule has 0 radical (unpaired) electrons. The van der Waals surface area contributed by atoms with E-state index < -0.39 is 0 Å². The zero-order valence-electron chi connectivity index (χ0n) is 13.6. The summed E-state index contributed by atoms with van der Waals surface area (Å²) in [6.07, 6.45) is 3.60. The van der Waals surface area contributed by atoms with E-state index in [1.165, 1.54) is 0 Å². The summed E-state index contributed by atoms with van der Waals surface area (Å²) in [6, 6.07) is 19.5. The van der Waals surface area contributed by atoms with E-state index in [2.05, 4.69) is 15.1 Å². The Labute approximate surface area is 144 Å². The van der Waals surface area contributed by atoms with Gasteiger partial charge in [-0.25, -0.2) is 0 Å². The summed E-state index contributed by atoms with van der Waals surface area (Å²) >= 11 is 0. The van der Waals surface area contributed by atoms with Crippen molar-refractivity contribution in [2.75, 3.05) is 7.11 Å². The van der Waals surface area contributed by atoms with E-state index in [0.717, 1.165) is 28.0 Å². The third-order valence-corrected chi connectivity index (χ3v) is 3.90. The molecule has 0 spiro atoms. The predicted octanol–water partition coefficient (Wildman–Crippen LogP) is 4.47. The molecule has 0 aliphatic rings. The van der Waals surface area contributed by atoms with E-state index in [1.54, 1.807) is 13.3 Å². The van der Waals surface area contributed by atoms with Crippen molar-refractivity contribution in [3.8, 4) is 39.7 Å². The lowest BCUT2D eigenvalue weighted by molar-refractivity contribution is 0.415. The summed E-state index contributed by atoms with van der Waals surface area (Å²) in [7, 11) is 1.64. The molecule has 5 nitrogen and oxygen atoms in total. The Bertz CT molecular complexity index is 962. The molecule has 0 unspecified atom stereocenters. The summed E-state index contributed by atoms with van der Waals surface area (Å²) in [5.74, 6) is 1.83. The maximum Gasteiger partial charge on any atom is 0.258 e. The normalized spacial score (nSPS) is 10.6. The zero-order valence-corrected chi connectivity index (χ0v) is 13.6. The molecular weight excluding hydrogens is 314 g/mol. The van der Waals surface area contributed by atoms with Crippen molar-refractivity contribution in [3.63, 3.8) is 0 Å². The van der Waals surface area contributed by atoms with Crippen molar-refractivity contribution in [2.24, 2.45) is 0 Å². The standard InChI is InChI=1S/C20H15N3O2/c1-24-18-10-8-15(9-11-18)19-22-20(25-23-19)16-6-4-14(5-7-16)17-3-2-12-21-13-17/h2-13H,1H3. The highest BCUT2D eigenvalue weighted by Gasteiger charge is 2.11. The van der Waals surface area contributed by atoms with Crippen LogP contribution in [0.2, 0.25) is 0 Å². The van der Waals surface area contributed by atoms with Crippen LogP contribution in [0.1, 0.15) is 0 Å². The molecule has 0 saturated carbocycles. The molecule has 4 rings (SSSR count). The minimum Gasteiger partial charge on any atom is -0.497 e. The first-order chi connectivity index (χ1) is 12.3. The van der Waals surface area contributed by atoms with Gasteiger partial charge in [0, 0.05) is 23.5 Å². The fraction of sp³-hybridized carbons (Fsp3) is 0.0500. The lowest BCUT2D eigenvalue weighted by Crippen LogP contribution is -1.84. The molecule has 0 aliphatic carbocycles. The van der Waals surface area contributed by atoms with Crippen LogP contribution in [0, 0.1) is 0 Å². The van der Waals surface area contributed by atoms with Crippen LogP contribution in [0.5, 0.6) is 5.75 Å². The monoisotopic (exact) mass is 329 g/mol. The van der Waals surface area contributed by atoms with Crippen molar-refractivity contribution in [3.05, 3.63) is 73.1 Å². The van der Waals surface area contributed by atoms with Gasteiger partial charge in [-0.05, 0) is 53.6 Å². The second kappa shape index (κ2) is 6.57. The summed E-state index contributed by atoms with van der Waals surface area (Å²) in [5.41, 5.74) is 3.91. The molecule has 0 atom stereocenters.